The van der Waals surface area contributed by atoms with E-state index in [2.05, 4.69) is 44.4 Å². The largest absolute Gasteiger partial charge is 0.497 e. The molecule has 2 heteroatoms. The molecule has 0 aromatic heterocycles. The summed E-state index contributed by atoms with van der Waals surface area (Å²) < 4.78 is 5.29. The van der Waals surface area contributed by atoms with Crippen molar-refractivity contribution in [3.05, 3.63) is 36.0 Å². The van der Waals surface area contributed by atoms with Crippen LogP contribution in [0.15, 0.2) is 30.5 Å². The minimum Gasteiger partial charge on any atom is -0.497 e. The molecule has 2 nitrogen and oxygen atoms in total. The number of hydrogen-bond acceptors (Lipinski definition) is 2. The fraction of sp³-hybridized carbons (Fsp3) is 0.429. The topological polar surface area (TPSA) is 12.5 Å². The van der Waals surface area contributed by atoms with E-state index < -0.39 is 0 Å². The van der Waals surface area contributed by atoms with Crippen LogP contribution in [-0.2, 0) is 5.41 Å². The van der Waals surface area contributed by atoms with Gasteiger partial charge in [0, 0.05) is 23.3 Å². The van der Waals surface area contributed by atoms with Crippen LogP contribution in [0.2, 0.25) is 0 Å². The van der Waals surface area contributed by atoms with E-state index in [-0.39, 0.29) is 5.41 Å². The van der Waals surface area contributed by atoms with E-state index in [1.165, 1.54) is 16.9 Å². The van der Waals surface area contributed by atoms with Gasteiger partial charge in [-0.25, -0.2) is 0 Å². The molecule has 1 aromatic carbocycles. The Balaban J connectivity index is 2.60. The molecule has 0 radical (unpaired) electrons. The molecule has 2 rings (SSSR count). The van der Waals surface area contributed by atoms with Crippen LogP contribution in [0.25, 0.3) is 0 Å². The first-order valence-electron chi connectivity index (χ1n) is 5.67. The van der Waals surface area contributed by atoms with Gasteiger partial charge >= 0.3 is 0 Å². The van der Waals surface area contributed by atoms with Crippen molar-refractivity contribution in [2.45, 2.75) is 26.2 Å². The number of fused-ring (bicyclic) bond motifs is 1. The lowest BCUT2D eigenvalue weighted by atomic mass is 9.84. The van der Waals surface area contributed by atoms with Crippen LogP contribution < -0.4 is 9.64 Å². The normalized spacial score (nSPS) is 17.5. The number of anilines is 1. The van der Waals surface area contributed by atoms with Crippen LogP contribution in [-0.4, -0.2) is 13.7 Å². The Bertz CT molecular complexity index is 434. The van der Waals surface area contributed by atoms with Gasteiger partial charge in [-0.05, 0) is 30.7 Å². The molecule has 0 fully saturated rings. The minimum absolute atomic E-state index is 0.000116. The highest BCUT2D eigenvalue weighted by molar-refractivity contribution is 5.71. The number of rotatable bonds is 2. The maximum atomic E-state index is 5.29. The molecule has 1 aliphatic rings. The number of hydrogen-bond donors (Lipinski definition) is 0. The van der Waals surface area contributed by atoms with Crippen molar-refractivity contribution >= 4 is 5.69 Å². The molecule has 0 unspecified atom stereocenters. The number of methoxy groups -OCH3 is 1. The first kappa shape index (κ1) is 11.1. The summed E-state index contributed by atoms with van der Waals surface area (Å²) >= 11 is 0. The summed E-state index contributed by atoms with van der Waals surface area (Å²) in [6, 6.07) is 6.25. The van der Waals surface area contributed by atoms with Crippen LogP contribution in [0.5, 0.6) is 5.75 Å². The molecular weight excluding hydrogens is 198 g/mol. The quantitative estimate of drug-likeness (QED) is 0.753. The summed E-state index contributed by atoms with van der Waals surface area (Å²) in [5, 5.41) is 0. The lowest BCUT2D eigenvalue weighted by Crippen LogP contribution is -2.24. The third kappa shape index (κ3) is 1.33. The standard InChI is InChI=1S/C14H19NO/c1-6-15-10(2)14(3,4)12-9-11(16-5)7-8-13(12)15/h7-9H,2,6H2,1,3-5H3. The van der Waals surface area contributed by atoms with Crippen LogP contribution in [0.4, 0.5) is 5.69 Å². The van der Waals surface area contributed by atoms with Crippen molar-refractivity contribution < 1.29 is 4.74 Å². The fourth-order valence-electron chi connectivity index (χ4n) is 2.38. The van der Waals surface area contributed by atoms with Crippen molar-refractivity contribution in [1.29, 1.82) is 0 Å². The van der Waals surface area contributed by atoms with Gasteiger partial charge in [-0.15, -0.1) is 0 Å². The third-order valence-electron chi connectivity index (χ3n) is 3.53. The lowest BCUT2D eigenvalue weighted by molar-refractivity contribution is 0.413. The predicted octanol–water partition coefficient (Wildman–Crippen LogP) is 3.33. The Morgan fingerprint density at radius 3 is 2.62 bits per heavy atom. The molecule has 0 amide bonds. The van der Waals surface area contributed by atoms with Gasteiger partial charge in [0.2, 0.25) is 0 Å². The lowest BCUT2D eigenvalue weighted by Gasteiger charge is -2.24. The monoisotopic (exact) mass is 217 g/mol. The Labute approximate surface area is 97.5 Å². The summed E-state index contributed by atoms with van der Waals surface area (Å²) in [6.07, 6.45) is 0. The average molecular weight is 217 g/mol. The highest BCUT2D eigenvalue weighted by Gasteiger charge is 2.38. The molecule has 0 saturated heterocycles. The number of likely N-dealkylation sites (N-methyl/N-ethyl adjacent to an activating group) is 1. The number of nitrogens with zero attached hydrogens (tertiary/aromatic N) is 1. The first-order valence-corrected chi connectivity index (χ1v) is 5.67. The predicted molar refractivity (Wildman–Crippen MR) is 68.2 cm³/mol. The molecule has 0 N–H and O–H groups in total. The average Bonchev–Trinajstić information content (AvgIpc) is 2.47. The molecule has 1 heterocycles. The second-order valence-electron chi connectivity index (χ2n) is 4.70. The van der Waals surface area contributed by atoms with E-state index in [0.717, 1.165) is 12.3 Å². The van der Waals surface area contributed by atoms with Crippen molar-refractivity contribution in [2.75, 3.05) is 18.6 Å². The Morgan fingerprint density at radius 2 is 2.06 bits per heavy atom. The fourth-order valence-corrected chi connectivity index (χ4v) is 2.38. The summed E-state index contributed by atoms with van der Waals surface area (Å²) in [5.74, 6) is 0.914. The van der Waals surface area contributed by atoms with E-state index in [1.807, 2.05) is 6.07 Å². The molecule has 0 aliphatic carbocycles. The van der Waals surface area contributed by atoms with Gasteiger partial charge in [-0.3, -0.25) is 0 Å². The highest BCUT2D eigenvalue weighted by Crippen LogP contribution is 2.47. The van der Waals surface area contributed by atoms with Gasteiger partial charge in [0.15, 0.2) is 0 Å². The molecular formula is C14H19NO. The number of ether oxygens (including phenoxy) is 1. The smallest absolute Gasteiger partial charge is 0.119 e. The van der Waals surface area contributed by atoms with Gasteiger partial charge in [0.05, 0.1) is 7.11 Å². The molecule has 0 spiro atoms. The molecule has 86 valence electrons. The van der Waals surface area contributed by atoms with E-state index in [0.29, 0.717) is 0 Å². The second-order valence-corrected chi connectivity index (χ2v) is 4.70. The van der Waals surface area contributed by atoms with Crippen LogP contribution in [0.1, 0.15) is 26.3 Å². The van der Waals surface area contributed by atoms with Crippen LogP contribution in [0.3, 0.4) is 0 Å². The Morgan fingerprint density at radius 1 is 1.38 bits per heavy atom. The van der Waals surface area contributed by atoms with Gasteiger partial charge in [-0.1, -0.05) is 20.4 Å². The SMILES string of the molecule is C=C1N(CC)c2ccc(OC)cc2C1(C)C. The van der Waals surface area contributed by atoms with Crippen molar-refractivity contribution in [1.82, 2.24) is 0 Å². The number of benzene rings is 1. The molecule has 16 heavy (non-hydrogen) atoms. The van der Waals surface area contributed by atoms with Gasteiger partial charge in [0.1, 0.15) is 5.75 Å². The summed E-state index contributed by atoms with van der Waals surface area (Å²) in [7, 11) is 1.70. The van der Waals surface area contributed by atoms with E-state index in [4.69, 9.17) is 4.74 Å². The molecule has 1 aromatic rings. The minimum atomic E-state index is -0.000116. The third-order valence-corrected chi connectivity index (χ3v) is 3.53. The van der Waals surface area contributed by atoms with Crippen LogP contribution in [0, 0.1) is 0 Å². The zero-order chi connectivity index (χ0) is 11.9. The second kappa shape index (κ2) is 3.55. The van der Waals surface area contributed by atoms with E-state index in [9.17, 15) is 0 Å². The van der Waals surface area contributed by atoms with Crippen LogP contribution >= 0.6 is 0 Å². The zero-order valence-electron chi connectivity index (χ0n) is 10.5. The molecule has 1 aliphatic heterocycles. The molecule has 0 atom stereocenters. The molecule has 0 bridgehead atoms. The summed E-state index contributed by atoms with van der Waals surface area (Å²) in [4.78, 5) is 2.27. The maximum absolute atomic E-state index is 5.29. The highest BCUT2D eigenvalue weighted by atomic mass is 16.5. The summed E-state index contributed by atoms with van der Waals surface area (Å²) in [5.41, 5.74) is 3.73. The van der Waals surface area contributed by atoms with Crippen molar-refractivity contribution in [2.24, 2.45) is 0 Å². The zero-order valence-corrected chi connectivity index (χ0v) is 10.5. The maximum Gasteiger partial charge on any atom is 0.119 e. The van der Waals surface area contributed by atoms with E-state index in [1.54, 1.807) is 7.11 Å². The van der Waals surface area contributed by atoms with Gasteiger partial charge < -0.3 is 9.64 Å². The van der Waals surface area contributed by atoms with Gasteiger partial charge in [0.25, 0.3) is 0 Å². The van der Waals surface area contributed by atoms with E-state index >= 15 is 0 Å². The summed E-state index contributed by atoms with van der Waals surface area (Å²) in [6.45, 7) is 11.8. The first-order chi connectivity index (χ1) is 7.52. The van der Waals surface area contributed by atoms with Crippen molar-refractivity contribution in [3.8, 4) is 5.75 Å². The number of allylic oxidation sites excluding steroid dienone is 1. The Kier molecular flexibility index (Phi) is 2.45. The molecule has 0 saturated carbocycles. The van der Waals surface area contributed by atoms with Gasteiger partial charge in [-0.2, -0.15) is 0 Å². The Hall–Kier alpha value is -1.44. The van der Waals surface area contributed by atoms with Crippen molar-refractivity contribution in [3.63, 3.8) is 0 Å².